The largest absolute Gasteiger partial charge is 0.496 e. The molecule has 0 bridgehead atoms. The van der Waals surface area contributed by atoms with E-state index in [1.807, 2.05) is 0 Å². The molecular formula is C22H23ClN4O7. The first-order valence-corrected chi connectivity index (χ1v) is 10.8. The van der Waals surface area contributed by atoms with Gasteiger partial charge in [0.05, 0.1) is 27.3 Å². The van der Waals surface area contributed by atoms with E-state index in [1.54, 1.807) is 13.8 Å². The molecule has 2 aliphatic rings. The first kappa shape index (κ1) is 23.6. The van der Waals surface area contributed by atoms with E-state index < -0.39 is 23.1 Å². The number of rotatable bonds is 7. The number of hydrogen-bond donors (Lipinski definition) is 2. The zero-order chi connectivity index (χ0) is 24.6. The van der Waals surface area contributed by atoms with Crippen molar-refractivity contribution >= 4 is 29.1 Å². The number of carbonyl (C=O) groups is 3. The Labute approximate surface area is 199 Å². The van der Waals surface area contributed by atoms with E-state index in [4.69, 9.17) is 30.3 Å². The molecule has 1 aromatic heterocycles. The van der Waals surface area contributed by atoms with Gasteiger partial charge in [-0.05, 0) is 13.3 Å². The zero-order valence-electron chi connectivity index (χ0n) is 19.0. The van der Waals surface area contributed by atoms with Gasteiger partial charge in [0, 0.05) is 23.8 Å². The lowest BCUT2D eigenvalue weighted by Gasteiger charge is -2.35. The minimum absolute atomic E-state index is 0.0588. The van der Waals surface area contributed by atoms with Crippen LogP contribution in [0.2, 0.25) is 5.02 Å². The zero-order valence-corrected chi connectivity index (χ0v) is 19.7. The van der Waals surface area contributed by atoms with Gasteiger partial charge in [0.15, 0.2) is 11.6 Å². The fourth-order valence-corrected chi connectivity index (χ4v) is 4.36. The SMILES string of the molecule is COc1cc(OC)c2c(c1Cl)O[C@@]1(C(=O)C=C(NCC(=O)NCc3nc(C)no3)C[C@H]1C)C2=O. The number of methoxy groups -OCH3 is 2. The highest BCUT2D eigenvalue weighted by Gasteiger charge is 2.60. The molecule has 34 heavy (non-hydrogen) atoms. The molecule has 2 heterocycles. The summed E-state index contributed by atoms with van der Waals surface area (Å²) in [5.74, 6) is -0.668. The Kier molecular flexibility index (Phi) is 6.22. The van der Waals surface area contributed by atoms with Crippen LogP contribution in [0.25, 0.3) is 0 Å². The van der Waals surface area contributed by atoms with Crippen LogP contribution in [0.1, 0.15) is 35.4 Å². The number of ether oxygens (including phenoxy) is 3. The lowest BCUT2D eigenvalue weighted by molar-refractivity contribution is -0.129. The van der Waals surface area contributed by atoms with Crippen molar-refractivity contribution in [2.45, 2.75) is 32.4 Å². The van der Waals surface area contributed by atoms with E-state index in [2.05, 4.69) is 20.8 Å². The molecule has 0 saturated heterocycles. The van der Waals surface area contributed by atoms with Crippen molar-refractivity contribution < 1.29 is 33.1 Å². The average Bonchev–Trinajstić information content (AvgIpc) is 3.37. The maximum absolute atomic E-state index is 13.5. The molecule has 0 unspecified atom stereocenters. The smallest absolute Gasteiger partial charge is 0.246 e. The summed E-state index contributed by atoms with van der Waals surface area (Å²) >= 11 is 6.38. The number of allylic oxidation sites excluding steroid dienone is 1. The highest BCUT2D eigenvalue weighted by molar-refractivity contribution is 6.36. The van der Waals surface area contributed by atoms with Crippen LogP contribution in [-0.4, -0.2) is 54.0 Å². The molecule has 2 N–H and O–H groups in total. The minimum atomic E-state index is -1.77. The summed E-state index contributed by atoms with van der Waals surface area (Å²) in [6.07, 6.45) is 1.58. The van der Waals surface area contributed by atoms with E-state index in [0.29, 0.717) is 17.9 Å². The van der Waals surface area contributed by atoms with Crippen molar-refractivity contribution in [3.8, 4) is 17.2 Å². The van der Waals surface area contributed by atoms with Crippen molar-refractivity contribution in [1.82, 2.24) is 20.8 Å². The minimum Gasteiger partial charge on any atom is -0.496 e. The van der Waals surface area contributed by atoms with Crippen LogP contribution in [0.5, 0.6) is 17.2 Å². The molecule has 0 radical (unpaired) electrons. The van der Waals surface area contributed by atoms with Crippen molar-refractivity contribution in [3.63, 3.8) is 0 Å². The molecule has 4 rings (SSSR count). The topological polar surface area (TPSA) is 142 Å². The number of ketones is 2. The highest BCUT2D eigenvalue weighted by atomic mass is 35.5. The summed E-state index contributed by atoms with van der Waals surface area (Å²) in [5, 5.41) is 9.32. The predicted molar refractivity (Wildman–Crippen MR) is 118 cm³/mol. The molecule has 2 atom stereocenters. The molecule has 0 saturated carbocycles. The second kappa shape index (κ2) is 8.98. The molecule has 180 valence electrons. The van der Waals surface area contributed by atoms with Crippen molar-refractivity contribution in [3.05, 3.63) is 40.1 Å². The third kappa shape index (κ3) is 3.85. The summed E-state index contributed by atoms with van der Waals surface area (Å²) in [7, 11) is 2.83. The molecule has 1 spiro atoms. The number of Topliss-reactive ketones (excluding diaryl/α,β-unsaturated/α-hetero) is 1. The van der Waals surface area contributed by atoms with Crippen LogP contribution in [0, 0.1) is 12.8 Å². The number of hydrogen-bond acceptors (Lipinski definition) is 10. The second-order valence-corrected chi connectivity index (χ2v) is 8.35. The van der Waals surface area contributed by atoms with Crippen molar-refractivity contribution in [2.24, 2.45) is 5.92 Å². The third-order valence-corrected chi connectivity index (χ3v) is 6.15. The Morgan fingerprint density at radius 1 is 1.29 bits per heavy atom. The number of nitrogens with one attached hydrogen (secondary N) is 2. The van der Waals surface area contributed by atoms with E-state index >= 15 is 0 Å². The van der Waals surface area contributed by atoms with Gasteiger partial charge in [0.2, 0.25) is 29.0 Å². The molecule has 0 fully saturated rings. The predicted octanol–water partition coefficient (Wildman–Crippen LogP) is 1.76. The standard InChI is InChI=1S/C22H23ClN4O7/c1-10-5-12(24-8-16(29)25-9-17-26-11(2)27-34-17)6-15(28)22(10)21(30)18-13(31-3)7-14(32-4)19(23)20(18)33-22/h6-7,10,24H,5,8-9H2,1-4H3,(H,25,29)/t10-,22+/m1/s1. The van der Waals surface area contributed by atoms with Gasteiger partial charge in [-0.3, -0.25) is 14.4 Å². The Balaban J connectivity index is 1.49. The van der Waals surface area contributed by atoms with E-state index in [1.165, 1.54) is 26.4 Å². The van der Waals surface area contributed by atoms with E-state index in [9.17, 15) is 14.4 Å². The van der Waals surface area contributed by atoms with Crippen molar-refractivity contribution in [2.75, 3.05) is 20.8 Å². The molecular weight excluding hydrogens is 468 g/mol. The number of fused-ring (bicyclic) bond motifs is 1. The lowest BCUT2D eigenvalue weighted by atomic mass is 9.74. The molecule has 1 amide bonds. The van der Waals surface area contributed by atoms with E-state index in [0.717, 1.165) is 0 Å². The van der Waals surface area contributed by atoms with Gasteiger partial charge in [-0.15, -0.1) is 0 Å². The number of carbonyl (C=O) groups excluding carboxylic acids is 3. The third-order valence-electron chi connectivity index (χ3n) is 5.79. The van der Waals surface area contributed by atoms with Crippen LogP contribution in [0.15, 0.2) is 22.4 Å². The summed E-state index contributed by atoms with van der Waals surface area (Å²) in [6, 6.07) is 1.48. The first-order chi connectivity index (χ1) is 16.2. The lowest BCUT2D eigenvalue weighted by Crippen LogP contribution is -2.55. The monoisotopic (exact) mass is 490 g/mol. The second-order valence-electron chi connectivity index (χ2n) is 7.97. The fraction of sp³-hybridized carbons (Fsp3) is 0.409. The number of aryl methyl sites for hydroxylation is 1. The summed E-state index contributed by atoms with van der Waals surface area (Å²) in [5.41, 5.74) is -1.15. The van der Waals surface area contributed by atoms with E-state index in [-0.39, 0.29) is 52.7 Å². The summed E-state index contributed by atoms with van der Waals surface area (Å²) < 4.78 is 21.5. The van der Waals surface area contributed by atoms with Crippen LogP contribution in [0.4, 0.5) is 0 Å². The fourth-order valence-electron chi connectivity index (χ4n) is 4.09. The maximum atomic E-state index is 13.5. The van der Waals surface area contributed by atoms with Crippen LogP contribution in [-0.2, 0) is 16.1 Å². The molecule has 1 aliphatic heterocycles. The number of halogens is 1. The molecule has 11 nitrogen and oxygen atoms in total. The normalized spacial score (nSPS) is 21.1. The maximum Gasteiger partial charge on any atom is 0.246 e. The Bertz CT molecular complexity index is 1210. The van der Waals surface area contributed by atoms with Gasteiger partial charge in [-0.25, -0.2) is 0 Å². The van der Waals surface area contributed by atoms with Gasteiger partial charge in [-0.1, -0.05) is 23.7 Å². The first-order valence-electron chi connectivity index (χ1n) is 10.4. The average molecular weight is 491 g/mol. The quantitative estimate of drug-likeness (QED) is 0.551. The Hall–Kier alpha value is -3.60. The molecule has 2 aromatic rings. The van der Waals surface area contributed by atoms with Gasteiger partial charge in [-0.2, -0.15) is 4.98 Å². The van der Waals surface area contributed by atoms with Gasteiger partial charge in [0.1, 0.15) is 22.1 Å². The Morgan fingerprint density at radius 3 is 2.65 bits per heavy atom. The Morgan fingerprint density at radius 2 is 2.03 bits per heavy atom. The number of nitrogens with zero attached hydrogens (tertiary/aromatic N) is 2. The number of aromatic nitrogens is 2. The number of benzene rings is 1. The van der Waals surface area contributed by atoms with Crippen LogP contribution >= 0.6 is 11.6 Å². The highest BCUT2D eigenvalue weighted by Crippen LogP contribution is 2.52. The number of amides is 1. The van der Waals surface area contributed by atoms with Gasteiger partial charge >= 0.3 is 0 Å². The van der Waals surface area contributed by atoms with Gasteiger partial charge < -0.3 is 29.4 Å². The molecule has 1 aromatic carbocycles. The van der Waals surface area contributed by atoms with Crippen LogP contribution < -0.4 is 24.8 Å². The molecule has 1 aliphatic carbocycles. The molecule has 12 heteroatoms. The summed E-state index contributed by atoms with van der Waals surface area (Å²) in [6.45, 7) is 3.41. The van der Waals surface area contributed by atoms with Crippen LogP contribution in [0.3, 0.4) is 0 Å². The van der Waals surface area contributed by atoms with Gasteiger partial charge in [0.25, 0.3) is 0 Å². The summed E-state index contributed by atoms with van der Waals surface area (Å²) in [4.78, 5) is 42.9. The van der Waals surface area contributed by atoms with Crippen molar-refractivity contribution in [1.29, 1.82) is 0 Å².